The quantitative estimate of drug-likeness (QED) is 0.739. The topological polar surface area (TPSA) is 20.2 Å². The molecule has 1 aromatic carbocycles. The Labute approximate surface area is 101 Å². The van der Waals surface area contributed by atoms with Crippen LogP contribution in [0.25, 0.3) is 0 Å². The first-order valence-corrected chi connectivity index (χ1v) is 6.03. The van der Waals surface area contributed by atoms with Crippen molar-refractivity contribution >= 4 is 11.6 Å². The van der Waals surface area contributed by atoms with Crippen LogP contribution < -0.4 is 0 Å². The van der Waals surface area contributed by atoms with E-state index in [2.05, 4.69) is 11.8 Å². The van der Waals surface area contributed by atoms with E-state index in [1.54, 1.807) is 0 Å². The molecule has 0 radical (unpaired) electrons. The van der Waals surface area contributed by atoms with Gasteiger partial charge in [-0.25, -0.2) is 0 Å². The monoisotopic (exact) mass is 234 g/mol. The van der Waals surface area contributed by atoms with Crippen LogP contribution in [0.1, 0.15) is 37.7 Å². The molecule has 16 heavy (non-hydrogen) atoms. The summed E-state index contributed by atoms with van der Waals surface area (Å²) < 4.78 is 0. The molecule has 0 aromatic heterocycles. The van der Waals surface area contributed by atoms with E-state index in [1.165, 1.54) is 0 Å². The van der Waals surface area contributed by atoms with Gasteiger partial charge in [-0.3, -0.25) is 0 Å². The van der Waals surface area contributed by atoms with Gasteiger partial charge in [-0.15, -0.1) is 0 Å². The number of halogens is 1. The minimum absolute atomic E-state index is 0.547. The van der Waals surface area contributed by atoms with Gasteiger partial charge in [-0.2, -0.15) is 0 Å². The predicted octanol–water partition coefficient (Wildman–Crippen LogP) is 3.39. The molecule has 0 unspecified atom stereocenters. The van der Waals surface area contributed by atoms with E-state index >= 15 is 0 Å². The van der Waals surface area contributed by atoms with Crippen LogP contribution in [0.5, 0.6) is 0 Å². The fourth-order valence-electron chi connectivity index (χ4n) is 2.08. The second kappa shape index (κ2) is 4.91. The summed E-state index contributed by atoms with van der Waals surface area (Å²) in [7, 11) is 0. The third-order valence-electron chi connectivity index (χ3n) is 3.05. The third kappa shape index (κ3) is 2.78. The highest BCUT2D eigenvalue weighted by Gasteiger charge is 2.29. The van der Waals surface area contributed by atoms with Crippen molar-refractivity contribution in [3.05, 3.63) is 34.9 Å². The second-order valence-corrected chi connectivity index (χ2v) is 4.80. The van der Waals surface area contributed by atoms with Crippen LogP contribution in [0.15, 0.2) is 24.3 Å². The fourth-order valence-corrected chi connectivity index (χ4v) is 2.26. The molecule has 1 nitrogen and oxygen atoms in total. The Kier molecular flexibility index (Phi) is 3.53. The number of hydrogen-bond donors (Lipinski definition) is 1. The second-order valence-electron chi connectivity index (χ2n) is 4.39. The van der Waals surface area contributed by atoms with Gasteiger partial charge in [0.1, 0.15) is 0 Å². The minimum Gasteiger partial charge on any atom is -0.389 e. The van der Waals surface area contributed by atoms with Crippen LogP contribution in [-0.4, -0.2) is 10.7 Å². The van der Waals surface area contributed by atoms with Gasteiger partial charge in [-0.05, 0) is 25.0 Å². The lowest BCUT2D eigenvalue weighted by Crippen LogP contribution is -2.22. The van der Waals surface area contributed by atoms with Gasteiger partial charge in [0.25, 0.3) is 0 Å². The van der Waals surface area contributed by atoms with Crippen molar-refractivity contribution in [3.63, 3.8) is 0 Å². The molecule has 0 amide bonds. The highest BCUT2D eigenvalue weighted by atomic mass is 35.5. The summed E-state index contributed by atoms with van der Waals surface area (Å²) in [6.45, 7) is 0. The average Bonchev–Trinajstić information content (AvgIpc) is 2.68. The van der Waals surface area contributed by atoms with E-state index in [1.807, 2.05) is 24.3 Å². The normalized spacial score (nSPS) is 17.9. The van der Waals surface area contributed by atoms with Crippen molar-refractivity contribution < 1.29 is 5.11 Å². The van der Waals surface area contributed by atoms with E-state index in [0.29, 0.717) is 11.4 Å². The highest BCUT2D eigenvalue weighted by molar-refractivity contribution is 6.31. The van der Waals surface area contributed by atoms with Crippen LogP contribution in [-0.2, 0) is 0 Å². The predicted molar refractivity (Wildman–Crippen MR) is 66.4 cm³/mol. The van der Waals surface area contributed by atoms with Crippen LogP contribution in [0.2, 0.25) is 5.02 Å². The highest BCUT2D eigenvalue weighted by Crippen LogP contribution is 2.31. The zero-order valence-electron chi connectivity index (χ0n) is 9.17. The number of hydrogen-bond acceptors (Lipinski definition) is 1. The molecule has 1 N–H and O–H groups in total. The molecule has 0 heterocycles. The number of benzene rings is 1. The van der Waals surface area contributed by atoms with Gasteiger partial charge in [-0.1, -0.05) is 48.4 Å². The summed E-state index contributed by atoms with van der Waals surface area (Å²) in [5.74, 6) is 6.06. The van der Waals surface area contributed by atoms with E-state index in [-0.39, 0.29) is 0 Å². The molecule has 2 heteroatoms. The van der Waals surface area contributed by atoms with E-state index in [0.717, 1.165) is 31.2 Å². The van der Waals surface area contributed by atoms with Crippen molar-refractivity contribution in [2.75, 3.05) is 0 Å². The molecule has 84 valence electrons. The van der Waals surface area contributed by atoms with Crippen molar-refractivity contribution in [1.82, 2.24) is 0 Å². The lowest BCUT2D eigenvalue weighted by molar-refractivity contribution is 0.0532. The Bertz CT molecular complexity index is 422. The molecule has 1 saturated carbocycles. The van der Waals surface area contributed by atoms with Gasteiger partial charge >= 0.3 is 0 Å². The van der Waals surface area contributed by atoms with E-state index < -0.39 is 5.60 Å². The first-order valence-electron chi connectivity index (χ1n) is 5.65. The Balaban J connectivity index is 2.03. The van der Waals surface area contributed by atoms with Crippen molar-refractivity contribution in [3.8, 4) is 11.8 Å². The molecule has 1 aliphatic carbocycles. The summed E-state index contributed by atoms with van der Waals surface area (Å²) in [4.78, 5) is 0. The zero-order valence-corrected chi connectivity index (χ0v) is 9.93. The standard InChI is InChI=1S/C14H15ClO/c15-13-8-2-1-6-12(13)7-5-11-14(16)9-3-4-10-14/h1-2,6,8,16H,3-4,9-11H2. The smallest absolute Gasteiger partial charge is 0.0756 e. The summed E-state index contributed by atoms with van der Waals surface area (Å²) in [5.41, 5.74) is 0.291. The van der Waals surface area contributed by atoms with Crippen molar-refractivity contribution in [2.45, 2.75) is 37.7 Å². The minimum atomic E-state index is -0.547. The first-order chi connectivity index (χ1) is 7.70. The Morgan fingerprint density at radius 3 is 2.62 bits per heavy atom. The molecule has 1 fully saturated rings. The molecule has 0 atom stereocenters. The van der Waals surface area contributed by atoms with Gasteiger partial charge in [0.15, 0.2) is 0 Å². The zero-order chi connectivity index (χ0) is 11.4. The van der Waals surface area contributed by atoms with Gasteiger partial charge < -0.3 is 5.11 Å². The van der Waals surface area contributed by atoms with Gasteiger partial charge in [0.05, 0.1) is 10.6 Å². The van der Waals surface area contributed by atoms with Crippen molar-refractivity contribution in [2.24, 2.45) is 0 Å². The lowest BCUT2D eigenvalue weighted by atomic mass is 9.98. The molecule has 2 rings (SSSR count). The van der Waals surface area contributed by atoms with Crippen LogP contribution in [0, 0.1) is 11.8 Å². The molecular formula is C14H15ClO. The third-order valence-corrected chi connectivity index (χ3v) is 3.38. The van der Waals surface area contributed by atoms with Gasteiger partial charge in [0.2, 0.25) is 0 Å². The average molecular weight is 235 g/mol. The van der Waals surface area contributed by atoms with Crippen LogP contribution >= 0.6 is 11.6 Å². The van der Waals surface area contributed by atoms with E-state index in [4.69, 9.17) is 11.6 Å². The Hall–Kier alpha value is -0.970. The number of aliphatic hydroxyl groups is 1. The Morgan fingerprint density at radius 2 is 1.94 bits per heavy atom. The fraction of sp³-hybridized carbons (Fsp3) is 0.429. The molecular weight excluding hydrogens is 220 g/mol. The maximum Gasteiger partial charge on any atom is 0.0756 e. The summed E-state index contributed by atoms with van der Waals surface area (Å²) in [6, 6.07) is 7.53. The molecule has 0 saturated heterocycles. The van der Waals surface area contributed by atoms with E-state index in [9.17, 15) is 5.11 Å². The summed E-state index contributed by atoms with van der Waals surface area (Å²) in [6.07, 6.45) is 4.54. The van der Waals surface area contributed by atoms with Crippen LogP contribution in [0.3, 0.4) is 0 Å². The SMILES string of the molecule is OC1(CC#Cc2ccccc2Cl)CCCC1. The maximum absolute atomic E-state index is 10.1. The molecule has 1 aliphatic rings. The molecule has 1 aromatic rings. The van der Waals surface area contributed by atoms with Crippen LogP contribution in [0.4, 0.5) is 0 Å². The largest absolute Gasteiger partial charge is 0.389 e. The summed E-state index contributed by atoms with van der Waals surface area (Å²) in [5, 5.41) is 10.8. The Morgan fingerprint density at radius 1 is 1.25 bits per heavy atom. The first kappa shape index (κ1) is 11.5. The molecule has 0 bridgehead atoms. The van der Waals surface area contributed by atoms with Crippen molar-refractivity contribution in [1.29, 1.82) is 0 Å². The molecule has 0 aliphatic heterocycles. The number of rotatable bonds is 1. The maximum atomic E-state index is 10.1. The molecule has 0 spiro atoms. The van der Waals surface area contributed by atoms with Gasteiger partial charge in [0, 0.05) is 12.0 Å². The lowest BCUT2D eigenvalue weighted by Gasteiger charge is -2.17. The summed E-state index contributed by atoms with van der Waals surface area (Å²) >= 11 is 5.99.